The molecule has 1 aromatic carbocycles. The summed E-state index contributed by atoms with van der Waals surface area (Å²) >= 11 is 0. The van der Waals surface area contributed by atoms with Gasteiger partial charge in [0.2, 0.25) is 0 Å². The van der Waals surface area contributed by atoms with Crippen LogP contribution >= 0.6 is 0 Å². The number of aromatic nitrogens is 3. The number of nitrogens with zero attached hydrogens (tertiary/aromatic N) is 4. The monoisotopic (exact) mass is 333 g/mol. The summed E-state index contributed by atoms with van der Waals surface area (Å²) in [6, 6.07) is 14.9. The number of hydrogen-bond acceptors (Lipinski definition) is 4. The highest BCUT2D eigenvalue weighted by Gasteiger charge is 2.19. The number of pyridine rings is 1. The summed E-state index contributed by atoms with van der Waals surface area (Å²) in [6.45, 7) is 6.32. The summed E-state index contributed by atoms with van der Waals surface area (Å²) in [4.78, 5) is 6.64. The largest absolute Gasteiger partial charge is 0.312 e. The second kappa shape index (κ2) is 7.17. The van der Waals surface area contributed by atoms with E-state index in [4.69, 9.17) is 5.10 Å². The first-order valence-corrected chi connectivity index (χ1v) is 8.80. The summed E-state index contributed by atoms with van der Waals surface area (Å²) in [6.07, 6.45) is 5.82. The lowest BCUT2D eigenvalue weighted by molar-refractivity contribution is 0.200. The van der Waals surface area contributed by atoms with E-state index in [9.17, 15) is 0 Å². The van der Waals surface area contributed by atoms with Crippen LogP contribution in [0.3, 0.4) is 0 Å². The van der Waals surface area contributed by atoms with Crippen LogP contribution in [-0.2, 0) is 6.54 Å². The van der Waals surface area contributed by atoms with Crippen LogP contribution < -0.4 is 5.32 Å². The van der Waals surface area contributed by atoms with Crippen molar-refractivity contribution < 1.29 is 0 Å². The first-order chi connectivity index (χ1) is 12.3. The van der Waals surface area contributed by atoms with Crippen molar-refractivity contribution in [2.24, 2.45) is 0 Å². The Balaban J connectivity index is 1.69. The lowest BCUT2D eigenvalue weighted by atomic mass is 10.1. The number of benzene rings is 1. The molecule has 3 aromatic rings. The van der Waals surface area contributed by atoms with Gasteiger partial charge in [0.1, 0.15) is 0 Å². The van der Waals surface area contributed by atoms with Crippen LogP contribution in [0.15, 0.2) is 61.1 Å². The van der Waals surface area contributed by atoms with Gasteiger partial charge in [-0.2, -0.15) is 5.10 Å². The maximum atomic E-state index is 4.88. The van der Waals surface area contributed by atoms with E-state index < -0.39 is 0 Å². The predicted molar refractivity (Wildman–Crippen MR) is 99.5 cm³/mol. The number of nitrogens with one attached hydrogen (secondary N) is 1. The van der Waals surface area contributed by atoms with Gasteiger partial charge in [-0.05, 0) is 31.2 Å². The van der Waals surface area contributed by atoms with Crippen LogP contribution in [0.25, 0.3) is 16.9 Å². The SMILES string of the molecule is C[C@H]1CN(Cc2cn(-c3ccccc3)nc2-c2ccncc2)CCN1. The Morgan fingerprint density at radius 3 is 2.68 bits per heavy atom. The lowest BCUT2D eigenvalue weighted by Gasteiger charge is -2.31. The molecule has 0 saturated carbocycles. The second-order valence-electron chi connectivity index (χ2n) is 6.61. The van der Waals surface area contributed by atoms with Gasteiger partial charge in [0, 0.05) is 61.9 Å². The van der Waals surface area contributed by atoms with Gasteiger partial charge in [-0.1, -0.05) is 18.2 Å². The Bertz CT molecular complexity index is 813. The fourth-order valence-electron chi connectivity index (χ4n) is 3.39. The molecule has 1 aliphatic heterocycles. The summed E-state index contributed by atoms with van der Waals surface area (Å²) < 4.78 is 1.98. The van der Waals surface area contributed by atoms with Gasteiger partial charge >= 0.3 is 0 Å². The minimum Gasteiger partial charge on any atom is -0.312 e. The zero-order chi connectivity index (χ0) is 17.1. The van der Waals surface area contributed by atoms with Gasteiger partial charge in [-0.15, -0.1) is 0 Å². The molecule has 5 nitrogen and oxygen atoms in total. The number of hydrogen-bond donors (Lipinski definition) is 1. The van der Waals surface area contributed by atoms with E-state index in [1.165, 1.54) is 5.56 Å². The van der Waals surface area contributed by atoms with Gasteiger partial charge in [0.25, 0.3) is 0 Å². The highest BCUT2D eigenvalue weighted by atomic mass is 15.3. The molecule has 1 N–H and O–H groups in total. The second-order valence-corrected chi connectivity index (χ2v) is 6.61. The molecule has 4 rings (SSSR count). The Labute approximate surface area is 148 Å². The van der Waals surface area contributed by atoms with Crippen molar-refractivity contribution in [2.45, 2.75) is 19.5 Å². The summed E-state index contributed by atoms with van der Waals surface area (Å²) in [5.41, 5.74) is 4.49. The third-order valence-electron chi connectivity index (χ3n) is 4.61. The minimum atomic E-state index is 0.530. The molecule has 2 aromatic heterocycles. The average molecular weight is 333 g/mol. The van der Waals surface area contributed by atoms with Gasteiger partial charge < -0.3 is 5.32 Å². The first-order valence-electron chi connectivity index (χ1n) is 8.80. The van der Waals surface area contributed by atoms with Crippen LogP contribution in [0.1, 0.15) is 12.5 Å². The molecule has 25 heavy (non-hydrogen) atoms. The summed E-state index contributed by atoms with van der Waals surface area (Å²) in [5.74, 6) is 0. The molecule has 1 atom stereocenters. The van der Waals surface area contributed by atoms with Crippen LogP contribution in [0.4, 0.5) is 0 Å². The summed E-state index contributed by atoms with van der Waals surface area (Å²) in [7, 11) is 0. The van der Waals surface area contributed by atoms with E-state index in [1.54, 1.807) is 0 Å². The van der Waals surface area contributed by atoms with Crippen LogP contribution in [0, 0.1) is 0 Å². The maximum absolute atomic E-state index is 4.88. The molecule has 128 valence electrons. The Morgan fingerprint density at radius 2 is 1.92 bits per heavy atom. The summed E-state index contributed by atoms with van der Waals surface area (Å²) in [5, 5.41) is 8.39. The van der Waals surface area contributed by atoms with Gasteiger partial charge in [-0.25, -0.2) is 4.68 Å². The smallest absolute Gasteiger partial charge is 0.0973 e. The molecule has 0 unspecified atom stereocenters. The quantitative estimate of drug-likeness (QED) is 0.797. The van der Waals surface area contributed by atoms with E-state index in [0.29, 0.717) is 6.04 Å². The predicted octanol–water partition coefficient (Wildman–Crippen LogP) is 2.73. The van der Waals surface area contributed by atoms with Gasteiger partial charge in [0.05, 0.1) is 11.4 Å². The van der Waals surface area contributed by atoms with E-state index in [0.717, 1.165) is 43.1 Å². The molecule has 1 fully saturated rings. The molecule has 0 amide bonds. The average Bonchev–Trinajstić information content (AvgIpc) is 3.07. The topological polar surface area (TPSA) is 46.0 Å². The lowest BCUT2D eigenvalue weighted by Crippen LogP contribution is -2.48. The van der Waals surface area contributed by atoms with Crippen molar-refractivity contribution in [3.63, 3.8) is 0 Å². The molecule has 0 bridgehead atoms. The van der Waals surface area contributed by atoms with E-state index in [1.807, 2.05) is 47.4 Å². The Hall–Kier alpha value is -2.50. The van der Waals surface area contributed by atoms with E-state index in [-0.39, 0.29) is 0 Å². The molecule has 5 heteroatoms. The highest BCUT2D eigenvalue weighted by molar-refractivity contribution is 5.62. The van der Waals surface area contributed by atoms with Crippen molar-refractivity contribution in [1.29, 1.82) is 0 Å². The fraction of sp³-hybridized carbons (Fsp3) is 0.300. The molecular weight excluding hydrogens is 310 g/mol. The molecule has 0 aliphatic carbocycles. The first kappa shape index (κ1) is 16.0. The molecule has 0 spiro atoms. The fourth-order valence-corrected chi connectivity index (χ4v) is 3.39. The van der Waals surface area contributed by atoms with Crippen LogP contribution in [0.2, 0.25) is 0 Å². The van der Waals surface area contributed by atoms with Crippen molar-refractivity contribution in [3.05, 3.63) is 66.6 Å². The minimum absolute atomic E-state index is 0.530. The molecule has 3 heterocycles. The molecule has 1 aliphatic rings. The van der Waals surface area contributed by atoms with Gasteiger partial charge in [0.15, 0.2) is 0 Å². The van der Waals surface area contributed by atoms with Crippen LogP contribution in [-0.4, -0.2) is 45.3 Å². The number of para-hydroxylation sites is 1. The zero-order valence-electron chi connectivity index (χ0n) is 14.5. The Kier molecular flexibility index (Phi) is 4.59. The van der Waals surface area contributed by atoms with E-state index >= 15 is 0 Å². The standard InChI is InChI=1S/C20H23N5/c1-16-13-24(12-11-22-16)14-18-15-25(19-5-3-2-4-6-19)23-20(18)17-7-9-21-10-8-17/h2-10,15-16,22H,11-14H2,1H3/t16-/m0/s1. The number of piperazine rings is 1. The van der Waals surface area contributed by atoms with Crippen molar-refractivity contribution in [1.82, 2.24) is 25.0 Å². The zero-order valence-corrected chi connectivity index (χ0v) is 14.5. The molecule has 0 radical (unpaired) electrons. The van der Waals surface area contributed by atoms with Crippen molar-refractivity contribution in [3.8, 4) is 16.9 Å². The van der Waals surface area contributed by atoms with Gasteiger partial charge in [-0.3, -0.25) is 9.88 Å². The van der Waals surface area contributed by atoms with Crippen molar-refractivity contribution >= 4 is 0 Å². The third-order valence-corrected chi connectivity index (χ3v) is 4.61. The highest BCUT2D eigenvalue weighted by Crippen LogP contribution is 2.24. The maximum Gasteiger partial charge on any atom is 0.0973 e. The van der Waals surface area contributed by atoms with Crippen LogP contribution in [0.5, 0.6) is 0 Å². The molecular formula is C20H23N5. The number of rotatable bonds is 4. The normalized spacial score (nSPS) is 18.4. The van der Waals surface area contributed by atoms with Crippen molar-refractivity contribution in [2.75, 3.05) is 19.6 Å². The Morgan fingerprint density at radius 1 is 1.12 bits per heavy atom. The van der Waals surface area contributed by atoms with E-state index in [2.05, 4.69) is 40.5 Å². The third kappa shape index (κ3) is 3.62. The molecule has 1 saturated heterocycles.